The van der Waals surface area contributed by atoms with Crippen LogP contribution in [0.15, 0.2) is 24.6 Å². The summed E-state index contributed by atoms with van der Waals surface area (Å²) in [5, 5.41) is 0. The fourth-order valence-corrected chi connectivity index (χ4v) is 5.23. The lowest BCUT2D eigenvalue weighted by molar-refractivity contribution is -0.159. The molecule has 0 aromatic carbocycles. The van der Waals surface area contributed by atoms with Crippen LogP contribution in [0.3, 0.4) is 0 Å². The lowest BCUT2D eigenvalue weighted by atomic mass is 9.84. The minimum Gasteiger partial charge on any atom is -0.462 e. The van der Waals surface area contributed by atoms with E-state index in [1.165, 1.54) is 0 Å². The number of hydrogen-bond acceptors (Lipinski definition) is 7. The highest BCUT2D eigenvalue weighted by molar-refractivity contribution is 5.71. The molecule has 0 aliphatic carbocycles. The smallest absolute Gasteiger partial charge is 0.308 e. The minimum atomic E-state index is -0.291. The fraction of sp³-hybridized carbons (Fsp3) is 0.812. The van der Waals surface area contributed by atoms with E-state index >= 15 is 0 Å². The number of rotatable bonds is 18. The second-order valence-corrected chi connectivity index (χ2v) is 11.9. The van der Waals surface area contributed by atoms with Crippen LogP contribution in [0, 0.1) is 29.6 Å². The Morgan fingerprint density at radius 1 is 0.949 bits per heavy atom. The van der Waals surface area contributed by atoms with E-state index < -0.39 is 0 Å². The first-order chi connectivity index (χ1) is 18.4. The van der Waals surface area contributed by atoms with Crippen molar-refractivity contribution in [1.82, 2.24) is 4.90 Å². The van der Waals surface area contributed by atoms with E-state index in [1.54, 1.807) is 14.2 Å². The Labute approximate surface area is 238 Å². The van der Waals surface area contributed by atoms with Gasteiger partial charge in [0.05, 0.1) is 18.1 Å². The molecule has 7 nitrogen and oxygen atoms in total. The summed E-state index contributed by atoms with van der Waals surface area (Å²) < 4.78 is 23.6. The summed E-state index contributed by atoms with van der Waals surface area (Å²) in [6.07, 6.45) is 8.28. The van der Waals surface area contributed by atoms with Crippen LogP contribution >= 0.6 is 0 Å². The topological polar surface area (TPSA) is 74.3 Å². The standard InChI is InChI=1S/C32H57NO6/c1-12-30(34)38-28(21(2)3)20-29(36-10)23(6)15-16-27(39-32(35)22(4)5)26(9)31(37-11)24(7)17-19-33-18-13-14-25(33)8/h17,19,21-24,26-29,31H,8,12-16,18,20H2,1-7,9-11H3/b19-17+/t23-,24+,26-,27+,28-,29-,31+/m0/s1. The first-order valence-corrected chi connectivity index (χ1v) is 14.9. The number of likely N-dealkylation sites (tertiary alicyclic amines) is 1. The Bertz CT molecular complexity index is 779. The van der Waals surface area contributed by atoms with Gasteiger partial charge >= 0.3 is 11.9 Å². The SMILES string of the molecule is C=C1CCCN1/C=C/[C@@H](C)[C@@H](OC)[C@@H](C)[C@@H](CC[C@H](C)[C@H](C[C@H](OC(=O)CC)C(C)C)OC)OC(=O)C(C)C. The number of allylic oxidation sites excluding steroid dienone is 1. The third-order valence-corrected chi connectivity index (χ3v) is 8.10. The van der Waals surface area contributed by atoms with Crippen molar-refractivity contribution in [3.63, 3.8) is 0 Å². The van der Waals surface area contributed by atoms with Crippen LogP contribution in [0.2, 0.25) is 0 Å². The zero-order valence-electron chi connectivity index (χ0n) is 26.4. The quantitative estimate of drug-likeness (QED) is 0.174. The molecule has 1 heterocycles. The molecule has 0 saturated carbocycles. The molecule has 0 unspecified atom stereocenters. The molecule has 39 heavy (non-hydrogen) atoms. The molecule has 1 aliphatic rings. The predicted octanol–water partition coefficient (Wildman–Crippen LogP) is 6.76. The van der Waals surface area contributed by atoms with Crippen molar-refractivity contribution in [2.75, 3.05) is 20.8 Å². The molecule has 0 aromatic heterocycles. The van der Waals surface area contributed by atoms with Crippen molar-refractivity contribution in [2.24, 2.45) is 29.6 Å². The third-order valence-electron chi connectivity index (χ3n) is 8.10. The van der Waals surface area contributed by atoms with E-state index in [0.29, 0.717) is 19.3 Å². The predicted molar refractivity (Wildman–Crippen MR) is 157 cm³/mol. The first kappa shape index (κ1) is 35.2. The summed E-state index contributed by atoms with van der Waals surface area (Å²) >= 11 is 0. The van der Waals surface area contributed by atoms with E-state index in [4.69, 9.17) is 18.9 Å². The Hall–Kier alpha value is -1.86. The lowest BCUT2D eigenvalue weighted by Gasteiger charge is -2.34. The first-order valence-electron chi connectivity index (χ1n) is 14.9. The molecule has 1 rings (SSSR count). The van der Waals surface area contributed by atoms with Gasteiger partial charge in [-0.05, 0) is 37.5 Å². The molecule has 226 valence electrons. The minimum absolute atomic E-state index is 0.0127. The number of methoxy groups -OCH3 is 2. The van der Waals surface area contributed by atoms with Crippen molar-refractivity contribution in [2.45, 2.75) is 118 Å². The van der Waals surface area contributed by atoms with Crippen LogP contribution in [-0.2, 0) is 28.5 Å². The van der Waals surface area contributed by atoms with Crippen molar-refractivity contribution in [3.05, 3.63) is 24.6 Å². The highest BCUT2D eigenvalue weighted by atomic mass is 16.6. The molecule has 0 radical (unpaired) electrons. The van der Waals surface area contributed by atoms with Crippen LogP contribution in [-0.4, -0.2) is 62.0 Å². The molecule has 7 atom stereocenters. The van der Waals surface area contributed by atoms with Crippen molar-refractivity contribution in [3.8, 4) is 0 Å². The average Bonchev–Trinajstić information content (AvgIpc) is 3.31. The Kier molecular flexibility index (Phi) is 16.0. The number of carbonyl (C=O) groups excluding carboxylic acids is 2. The van der Waals surface area contributed by atoms with Crippen molar-refractivity contribution in [1.29, 1.82) is 0 Å². The molecular formula is C32H57NO6. The summed E-state index contributed by atoms with van der Waals surface area (Å²) in [6.45, 7) is 21.2. The van der Waals surface area contributed by atoms with Crippen LogP contribution in [0.5, 0.6) is 0 Å². The number of ether oxygens (including phenoxy) is 4. The summed E-state index contributed by atoms with van der Waals surface area (Å²) in [5.74, 6) is -0.0927. The largest absolute Gasteiger partial charge is 0.462 e. The molecule has 0 bridgehead atoms. The highest BCUT2D eigenvalue weighted by Crippen LogP contribution is 2.30. The average molecular weight is 552 g/mol. The van der Waals surface area contributed by atoms with Gasteiger partial charge in [0.2, 0.25) is 0 Å². The van der Waals surface area contributed by atoms with Gasteiger partial charge in [0.15, 0.2) is 0 Å². The van der Waals surface area contributed by atoms with E-state index in [1.807, 2.05) is 20.8 Å². The Morgan fingerprint density at radius 2 is 1.62 bits per heavy atom. The maximum atomic E-state index is 12.7. The fourth-order valence-electron chi connectivity index (χ4n) is 5.23. The van der Waals surface area contributed by atoms with Gasteiger partial charge in [-0.2, -0.15) is 0 Å². The van der Waals surface area contributed by atoms with Gasteiger partial charge in [0.25, 0.3) is 0 Å². The van der Waals surface area contributed by atoms with E-state index in [-0.39, 0.29) is 65.9 Å². The van der Waals surface area contributed by atoms with Gasteiger partial charge in [0, 0.05) is 57.3 Å². The Morgan fingerprint density at radius 3 is 2.10 bits per heavy atom. The summed E-state index contributed by atoms with van der Waals surface area (Å²) in [5.41, 5.74) is 1.15. The van der Waals surface area contributed by atoms with Gasteiger partial charge in [0.1, 0.15) is 12.2 Å². The summed E-state index contributed by atoms with van der Waals surface area (Å²) in [7, 11) is 3.44. The van der Waals surface area contributed by atoms with Gasteiger partial charge in [-0.3, -0.25) is 9.59 Å². The second-order valence-electron chi connectivity index (χ2n) is 11.9. The monoisotopic (exact) mass is 551 g/mol. The van der Waals surface area contributed by atoms with Crippen molar-refractivity contribution < 1.29 is 28.5 Å². The molecule has 1 fully saturated rings. The number of nitrogens with zero attached hydrogens (tertiary/aromatic N) is 1. The normalized spacial score (nSPS) is 19.7. The van der Waals surface area contributed by atoms with Crippen LogP contribution in [0.4, 0.5) is 0 Å². The molecule has 1 aliphatic heterocycles. The summed E-state index contributed by atoms with van der Waals surface area (Å²) in [6, 6.07) is 0. The maximum Gasteiger partial charge on any atom is 0.308 e. The van der Waals surface area contributed by atoms with E-state index in [2.05, 4.69) is 58.4 Å². The zero-order valence-corrected chi connectivity index (χ0v) is 26.4. The van der Waals surface area contributed by atoms with Crippen LogP contribution < -0.4 is 0 Å². The number of esters is 2. The Balaban J connectivity index is 2.97. The lowest BCUT2D eigenvalue weighted by Crippen LogP contribution is -2.39. The van der Waals surface area contributed by atoms with Gasteiger partial charge in [-0.1, -0.05) is 68.0 Å². The number of hydrogen-bond donors (Lipinski definition) is 0. The maximum absolute atomic E-state index is 12.7. The van der Waals surface area contributed by atoms with Gasteiger partial charge in [-0.25, -0.2) is 0 Å². The highest BCUT2D eigenvalue weighted by Gasteiger charge is 2.34. The second kappa shape index (κ2) is 17.8. The summed E-state index contributed by atoms with van der Waals surface area (Å²) in [4.78, 5) is 26.9. The molecule has 1 saturated heterocycles. The van der Waals surface area contributed by atoms with E-state index in [0.717, 1.165) is 31.5 Å². The zero-order chi connectivity index (χ0) is 29.7. The molecule has 0 N–H and O–H groups in total. The van der Waals surface area contributed by atoms with Crippen LogP contribution in [0.25, 0.3) is 0 Å². The van der Waals surface area contributed by atoms with Gasteiger partial charge in [-0.15, -0.1) is 0 Å². The molecule has 7 heteroatoms. The molecule has 0 amide bonds. The van der Waals surface area contributed by atoms with Crippen molar-refractivity contribution >= 4 is 11.9 Å². The van der Waals surface area contributed by atoms with Gasteiger partial charge < -0.3 is 23.8 Å². The third kappa shape index (κ3) is 11.6. The number of carbonyl (C=O) groups is 2. The van der Waals surface area contributed by atoms with E-state index in [9.17, 15) is 9.59 Å². The molecule has 0 spiro atoms. The van der Waals surface area contributed by atoms with Crippen LogP contribution in [0.1, 0.15) is 93.9 Å². The molecule has 0 aromatic rings. The molecular weight excluding hydrogens is 494 g/mol.